The third kappa shape index (κ3) is 1.11. The van der Waals surface area contributed by atoms with Gasteiger partial charge in [0, 0.05) is 5.41 Å². The number of rotatable bonds is 0. The Morgan fingerprint density at radius 2 is 2.00 bits per heavy atom. The van der Waals surface area contributed by atoms with Crippen LogP contribution in [0.5, 0.6) is 0 Å². The maximum absolute atomic E-state index is 6.58. The van der Waals surface area contributed by atoms with Crippen LogP contribution in [0.4, 0.5) is 0 Å². The van der Waals surface area contributed by atoms with Crippen molar-refractivity contribution in [2.24, 2.45) is 11.3 Å². The lowest BCUT2D eigenvalue weighted by Crippen LogP contribution is -2.51. The van der Waals surface area contributed by atoms with Crippen molar-refractivity contribution in [1.29, 1.82) is 0 Å². The van der Waals surface area contributed by atoms with Crippen LogP contribution >= 0.6 is 0 Å². The van der Waals surface area contributed by atoms with Crippen LogP contribution in [0.2, 0.25) is 0 Å². The largest absolute Gasteiger partial charge is 0.364 e. The van der Waals surface area contributed by atoms with Gasteiger partial charge in [-0.2, -0.15) is 0 Å². The van der Waals surface area contributed by atoms with Gasteiger partial charge in [-0.15, -0.1) is 0 Å². The van der Waals surface area contributed by atoms with Crippen molar-refractivity contribution in [3.63, 3.8) is 0 Å². The maximum Gasteiger partial charge on any atom is 0.0953 e. The van der Waals surface area contributed by atoms with E-state index in [2.05, 4.69) is 27.4 Å². The molecule has 3 aliphatic rings. The molecule has 0 radical (unpaired) electrons. The summed E-state index contributed by atoms with van der Waals surface area (Å²) in [7, 11) is 0. The smallest absolute Gasteiger partial charge is 0.0953 e. The Hall–Kier alpha value is -0.300. The average Bonchev–Trinajstić information content (AvgIpc) is 2.42. The fraction of sp³-hybridized carbons (Fsp3) is 0.867. The van der Waals surface area contributed by atoms with Gasteiger partial charge < -0.3 is 4.74 Å². The minimum absolute atomic E-state index is 0.0255. The van der Waals surface area contributed by atoms with Gasteiger partial charge in [0.15, 0.2) is 0 Å². The zero-order chi connectivity index (χ0) is 11.6. The van der Waals surface area contributed by atoms with Gasteiger partial charge in [0.25, 0.3) is 0 Å². The molecule has 3 unspecified atom stereocenters. The van der Waals surface area contributed by atoms with Gasteiger partial charge in [-0.05, 0) is 63.9 Å². The second-order valence-corrected chi connectivity index (χ2v) is 6.99. The summed E-state index contributed by atoms with van der Waals surface area (Å²) in [6, 6.07) is 0. The third-order valence-corrected chi connectivity index (χ3v) is 5.75. The molecule has 0 aromatic rings. The zero-order valence-corrected chi connectivity index (χ0v) is 10.9. The first-order valence-corrected chi connectivity index (χ1v) is 6.78. The van der Waals surface area contributed by atoms with Crippen molar-refractivity contribution in [2.75, 3.05) is 0 Å². The highest BCUT2D eigenvalue weighted by atomic mass is 16.5. The van der Waals surface area contributed by atoms with Gasteiger partial charge in [0.05, 0.1) is 11.2 Å². The topological polar surface area (TPSA) is 9.23 Å². The minimum atomic E-state index is 0.0255. The second-order valence-electron chi connectivity index (χ2n) is 6.99. The number of fused-ring (bicyclic) bond motifs is 1. The maximum atomic E-state index is 6.58. The highest BCUT2D eigenvalue weighted by molar-refractivity contribution is 5.28. The highest BCUT2D eigenvalue weighted by Crippen LogP contribution is 2.65. The Balaban J connectivity index is 2.07. The predicted molar refractivity (Wildman–Crippen MR) is 66.3 cm³/mol. The molecule has 16 heavy (non-hydrogen) atoms. The summed E-state index contributed by atoms with van der Waals surface area (Å²) >= 11 is 0. The Morgan fingerprint density at radius 1 is 1.25 bits per heavy atom. The molecule has 1 aliphatic heterocycles. The van der Waals surface area contributed by atoms with Crippen LogP contribution < -0.4 is 0 Å². The summed E-state index contributed by atoms with van der Waals surface area (Å²) in [5.74, 6) is 0.746. The molecule has 1 heteroatoms. The molecule has 2 saturated carbocycles. The SMILES string of the molecule is C=C1CCCC2(C)CCC3CC12OC3(C)C. The van der Waals surface area contributed by atoms with Crippen LogP contribution in [-0.4, -0.2) is 11.2 Å². The monoisotopic (exact) mass is 220 g/mol. The van der Waals surface area contributed by atoms with E-state index in [1.54, 1.807) is 0 Å². The Bertz CT molecular complexity index is 343. The molecule has 1 spiro atoms. The molecular weight excluding hydrogens is 196 g/mol. The average molecular weight is 220 g/mol. The summed E-state index contributed by atoms with van der Waals surface area (Å²) in [5, 5.41) is 0. The van der Waals surface area contributed by atoms with E-state index in [0.717, 1.165) is 5.92 Å². The van der Waals surface area contributed by atoms with Crippen LogP contribution in [0.15, 0.2) is 12.2 Å². The Kier molecular flexibility index (Phi) is 1.98. The summed E-state index contributed by atoms with van der Waals surface area (Å²) < 4.78 is 6.58. The lowest BCUT2D eigenvalue weighted by atomic mass is 9.54. The van der Waals surface area contributed by atoms with Gasteiger partial charge in [0.1, 0.15) is 0 Å². The van der Waals surface area contributed by atoms with Gasteiger partial charge in [-0.1, -0.05) is 13.5 Å². The van der Waals surface area contributed by atoms with Gasteiger partial charge in [0.2, 0.25) is 0 Å². The molecule has 1 heterocycles. The van der Waals surface area contributed by atoms with E-state index in [-0.39, 0.29) is 11.2 Å². The van der Waals surface area contributed by atoms with Crippen molar-refractivity contribution >= 4 is 0 Å². The lowest BCUT2D eigenvalue weighted by molar-refractivity contribution is -0.136. The van der Waals surface area contributed by atoms with Crippen LogP contribution in [-0.2, 0) is 4.74 Å². The molecule has 2 bridgehead atoms. The molecule has 90 valence electrons. The van der Waals surface area contributed by atoms with E-state index in [9.17, 15) is 0 Å². The third-order valence-electron chi connectivity index (χ3n) is 5.75. The van der Waals surface area contributed by atoms with Crippen LogP contribution in [0, 0.1) is 11.3 Å². The number of hydrogen-bond acceptors (Lipinski definition) is 1. The van der Waals surface area contributed by atoms with Crippen molar-refractivity contribution in [3.8, 4) is 0 Å². The first-order chi connectivity index (χ1) is 7.40. The molecule has 3 rings (SSSR count). The zero-order valence-electron chi connectivity index (χ0n) is 10.9. The van der Waals surface area contributed by atoms with Gasteiger partial charge in [-0.3, -0.25) is 0 Å². The van der Waals surface area contributed by atoms with Crippen LogP contribution in [0.1, 0.15) is 59.3 Å². The molecular formula is C15H24O. The summed E-state index contributed by atoms with van der Waals surface area (Å²) in [5.41, 5.74) is 1.85. The molecule has 1 saturated heterocycles. The van der Waals surface area contributed by atoms with Crippen LogP contribution in [0.25, 0.3) is 0 Å². The number of ether oxygens (including phenoxy) is 1. The Morgan fingerprint density at radius 3 is 2.75 bits per heavy atom. The first kappa shape index (κ1) is 10.8. The molecule has 0 aromatic carbocycles. The Labute approximate surface area is 99.3 Å². The van der Waals surface area contributed by atoms with Crippen molar-refractivity contribution in [2.45, 2.75) is 70.5 Å². The van der Waals surface area contributed by atoms with Gasteiger partial charge in [-0.25, -0.2) is 0 Å². The standard InChI is InChI=1S/C15H24O/c1-11-6-5-8-14(4)9-7-12-10-15(11,14)16-13(12,2)3/h12H,1,5-10H2,2-4H3. The minimum Gasteiger partial charge on any atom is -0.364 e. The molecule has 0 N–H and O–H groups in total. The van der Waals surface area contributed by atoms with Crippen molar-refractivity contribution < 1.29 is 4.74 Å². The normalized spacial score (nSPS) is 50.2. The van der Waals surface area contributed by atoms with E-state index >= 15 is 0 Å². The fourth-order valence-corrected chi connectivity index (χ4v) is 4.54. The fourth-order valence-electron chi connectivity index (χ4n) is 4.54. The van der Waals surface area contributed by atoms with E-state index < -0.39 is 0 Å². The van der Waals surface area contributed by atoms with Gasteiger partial charge >= 0.3 is 0 Å². The number of hydrogen-bond donors (Lipinski definition) is 0. The predicted octanol–water partition coefficient (Wildman–Crippen LogP) is 4.08. The van der Waals surface area contributed by atoms with Crippen molar-refractivity contribution in [1.82, 2.24) is 0 Å². The lowest BCUT2D eigenvalue weighted by Gasteiger charge is -2.53. The van der Waals surface area contributed by atoms with Crippen LogP contribution in [0.3, 0.4) is 0 Å². The second kappa shape index (κ2) is 2.93. The molecule has 0 amide bonds. The quantitative estimate of drug-likeness (QED) is 0.559. The molecule has 3 fully saturated rings. The summed E-state index contributed by atoms with van der Waals surface area (Å²) in [4.78, 5) is 0. The highest BCUT2D eigenvalue weighted by Gasteiger charge is 2.64. The summed E-state index contributed by atoms with van der Waals surface area (Å²) in [6.45, 7) is 11.3. The van der Waals surface area contributed by atoms with E-state index in [4.69, 9.17) is 4.74 Å². The molecule has 2 aliphatic carbocycles. The molecule has 1 nitrogen and oxygen atoms in total. The van der Waals surface area contributed by atoms with E-state index in [1.807, 2.05) is 0 Å². The summed E-state index contributed by atoms with van der Waals surface area (Å²) in [6.07, 6.45) is 7.73. The van der Waals surface area contributed by atoms with Crippen molar-refractivity contribution in [3.05, 3.63) is 12.2 Å². The molecule has 0 aromatic heterocycles. The first-order valence-electron chi connectivity index (χ1n) is 6.78. The molecule has 3 atom stereocenters. The van der Waals surface area contributed by atoms with E-state index in [1.165, 1.54) is 44.1 Å². The van der Waals surface area contributed by atoms with E-state index in [0.29, 0.717) is 5.41 Å².